The topological polar surface area (TPSA) is 145 Å². The molecule has 4 rings (SSSR count). The van der Waals surface area contributed by atoms with Gasteiger partial charge in [0.25, 0.3) is 5.91 Å². The smallest absolute Gasteiger partial charge is 0.254 e. The Kier molecular flexibility index (Phi) is 4.81. The van der Waals surface area contributed by atoms with Gasteiger partial charge in [0.05, 0.1) is 0 Å². The number of nitrogens with one attached hydrogen (secondary N) is 2. The van der Waals surface area contributed by atoms with Crippen molar-refractivity contribution >= 4 is 23.4 Å². The van der Waals surface area contributed by atoms with Crippen LogP contribution in [-0.4, -0.2) is 37.4 Å². The second-order valence-electron chi connectivity index (χ2n) is 7.20. The second-order valence-corrected chi connectivity index (χ2v) is 7.20. The van der Waals surface area contributed by atoms with Crippen molar-refractivity contribution in [2.24, 2.45) is 11.5 Å². The number of benzene rings is 1. The summed E-state index contributed by atoms with van der Waals surface area (Å²) < 4.78 is 0. The summed E-state index contributed by atoms with van der Waals surface area (Å²) in [4.78, 5) is 29.0. The number of rotatable bonds is 7. The monoisotopic (exact) mass is 390 g/mol. The molecule has 1 saturated carbocycles. The summed E-state index contributed by atoms with van der Waals surface area (Å²) in [6, 6.07) is 9.26. The lowest BCUT2D eigenvalue weighted by molar-refractivity contribution is 0.100. The molecule has 0 spiro atoms. The van der Waals surface area contributed by atoms with E-state index in [9.17, 15) is 4.79 Å². The summed E-state index contributed by atoms with van der Waals surface area (Å²) in [5, 5.41) is 6.37. The number of carbonyl (C=O) groups excluding carboxylic acids is 1. The highest BCUT2D eigenvalue weighted by Crippen LogP contribution is 2.36. The zero-order valence-corrected chi connectivity index (χ0v) is 16.0. The van der Waals surface area contributed by atoms with Crippen molar-refractivity contribution in [3.8, 4) is 11.4 Å². The molecule has 1 unspecified atom stereocenters. The number of primary amides is 1. The molecule has 3 aromatic rings. The largest absolute Gasteiger partial charge is 0.365 e. The molecule has 0 aliphatic heterocycles. The first kappa shape index (κ1) is 18.8. The number of carbonyl (C=O) groups is 1. The maximum absolute atomic E-state index is 11.8. The van der Waals surface area contributed by atoms with Crippen LogP contribution >= 0.6 is 0 Å². The molecule has 1 aliphatic carbocycles. The number of nitrogens with zero attached hydrogens (tertiary/aromatic N) is 4. The number of hydrogen-bond acceptors (Lipinski definition) is 8. The lowest BCUT2D eigenvalue weighted by Crippen LogP contribution is -2.40. The van der Waals surface area contributed by atoms with Crippen LogP contribution in [0.4, 0.5) is 17.5 Å². The maximum atomic E-state index is 11.8. The molecule has 2 heterocycles. The van der Waals surface area contributed by atoms with Crippen molar-refractivity contribution in [2.45, 2.75) is 31.3 Å². The fourth-order valence-electron chi connectivity index (χ4n) is 2.96. The molecule has 9 heteroatoms. The van der Waals surface area contributed by atoms with Crippen molar-refractivity contribution in [3.05, 3.63) is 54.5 Å². The van der Waals surface area contributed by atoms with Crippen LogP contribution in [0, 0.1) is 0 Å². The molecule has 1 amide bonds. The molecule has 6 N–H and O–H groups in total. The van der Waals surface area contributed by atoms with Gasteiger partial charge in [0.15, 0.2) is 5.82 Å². The second kappa shape index (κ2) is 7.44. The fraction of sp³-hybridized carbons (Fsp3) is 0.250. The summed E-state index contributed by atoms with van der Waals surface area (Å²) >= 11 is 0. The Labute approximate surface area is 168 Å². The molecule has 1 aliphatic rings. The van der Waals surface area contributed by atoms with Crippen molar-refractivity contribution in [1.29, 1.82) is 0 Å². The van der Waals surface area contributed by atoms with Crippen molar-refractivity contribution < 1.29 is 4.79 Å². The number of amides is 1. The number of aromatic nitrogens is 4. The van der Waals surface area contributed by atoms with Crippen LogP contribution < -0.4 is 22.1 Å². The van der Waals surface area contributed by atoms with Crippen LogP contribution in [-0.2, 0) is 0 Å². The highest BCUT2D eigenvalue weighted by molar-refractivity contribution is 5.98. The van der Waals surface area contributed by atoms with Gasteiger partial charge < -0.3 is 22.1 Å². The Hall–Kier alpha value is -3.59. The lowest BCUT2D eigenvalue weighted by Gasteiger charge is -2.21. The van der Waals surface area contributed by atoms with E-state index >= 15 is 0 Å². The highest BCUT2D eigenvalue weighted by atomic mass is 16.1. The van der Waals surface area contributed by atoms with Gasteiger partial charge in [-0.25, -0.2) is 15.0 Å². The van der Waals surface area contributed by atoms with E-state index in [4.69, 9.17) is 11.5 Å². The molecule has 9 nitrogen and oxygen atoms in total. The Bertz CT molecular complexity index is 1040. The molecule has 29 heavy (non-hydrogen) atoms. The Morgan fingerprint density at radius 3 is 2.62 bits per heavy atom. The first-order valence-corrected chi connectivity index (χ1v) is 9.31. The van der Waals surface area contributed by atoms with Gasteiger partial charge in [-0.05, 0) is 38.0 Å². The van der Waals surface area contributed by atoms with Crippen LogP contribution in [0.15, 0.2) is 48.9 Å². The third kappa shape index (κ3) is 4.14. The van der Waals surface area contributed by atoms with Crippen LogP contribution in [0.5, 0.6) is 0 Å². The van der Waals surface area contributed by atoms with Crippen LogP contribution in [0.2, 0.25) is 0 Å². The minimum absolute atomic E-state index is 0.00772. The normalized spacial score (nSPS) is 15.4. The van der Waals surface area contributed by atoms with Gasteiger partial charge in [-0.1, -0.05) is 12.1 Å². The van der Waals surface area contributed by atoms with Crippen LogP contribution in [0.3, 0.4) is 0 Å². The molecule has 148 valence electrons. The molecule has 2 aromatic heterocycles. The third-order valence-electron chi connectivity index (χ3n) is 5.04. The van der Waals surface area contributed by atoms with Gasteiger partial charge in [0.1, 0.15) is 11.4 Å². The van der Waals surface area contributed by atoms with Gasteiger partial charge >= 0.3 is 0 Å². The van der Waals surface area contributed by atoms with E-state index < -0.39 is 5.91 Å². The van der Waals surface area contributed by atoms with Crippen LogP contribution in [0.1, 0.15) is 30.1 Å². The zero-order valence-electron chi connectivity index (χ0n) is 16.0. The molecule has 1 fully saturated rings. The van der Waals surface area contributed by atoms with Gasteiger partial charge in [-0.3, -0.25) is 4.79 Å². The van der Waals surface area contributed by atoms with E-state index in [0.717, 1.165) is 18.4 Å². The van der Waals surface area contributed by atoms with Gasteiger partial charge in [0, 0.05) is 41.4 Å². The van der Waals surface area contributed by atoms with E-state index in [1.165, 1.54) is 6.20 Å². The van der Waals surface area contributed by atoms with E-state index in [0.29, 0.717) is 23.3 Å². The summed E-state index contributed by atoms with van der Waals surface area (Å²) in [6.45, 7) is 1.99. The average molecular weight is 390 g/mol. The molecule has 1 aromatic carbocycles. The molecule has 0 bridgehead atoms. The summed E-state index contributed by atoms with van der Waals surface area (Å²) in [7, 11) is 0. The predicted molar refractivity (Wildman–Crippen MR) is 111 cm³/mol. The van der Waals surface area contributed by atoms with Crippen molar-refractivity contribution in [3.63, 3.8) is 0 Å². The third-order valence-corrected chi connectivity index (χ3v) is 5.04. The summed E-state index contributed by atoms with van der Waals surface area (Å²) in [6.07, 6.45) is 6.69. The average Bonchev–Trinajstić information content (AvgIpc) is 3.48. The molecule has 1 atom stereocenters. The fourth-order valence-corrected chi connectivity index (χ4v) is 2.96. The number of anilines is 3. The van der Waals surface area contributed by atoms with E-state index in [-0.39, 0.29) is 17.1 Å². The van der Waals surface area contributed by atoms with Gasteiger partial charge in [-0.15, -0.1) is 0 Å². The Balaban J connectivity index is 1.61. The van der Waals surface area contributed by atoms with Gasteiger partial charge in [-0.2, -0.15) is 4.98 Å². The SMILES string of the molecule is CC(Nc1ncc(C(N)=O)c(Nc2cccc(-c3ncccn3)c2)n1)C1(N)CC1. The molecular weight excluding hydrogens is 368 g/mol. The predicted octanol–water partition coefficient (Wildman–Crippen LogP) is 2.07. The standard InChI is InChI=1S/C20H22N8O/c1-12(20(22)6-7-20)26-19-25-11-15(16(21)29)18(28-19)27-14-5-2-4-13(10-14)17-23-8-3-9-24-17/h2-5,8-12H,6-7,22H2,1H3,(H2,21,29)(H2,25,26,27,28). The van der Waals surface area contributed by atoms with Crippen molar-refractivity contribution in [2.75, 3.05) is 10.6 Å². The van der Waals surface area contributed by atoms with Crippen molar-refractivity contribution in [1.82, 2.24) is 19.9 Å². The maximum Gasteiger partial charge on any atom is 0.254 e. The molecule has 0 saturated heterocycles. The molecular formula is C20H22N8O. The number of nitrogens with two attached hydrogens (primary N) is 2. The summed E-state index contributed by atoms with van der Waals surface area (Å²) in [5.74, 6) is 0.675. The first-order valence-electron chi connectivity index (χ1n) is 9.31. The minimum atomic E-state index is -0.618. The molecule has 0 radical (unpaired) electrons. The van der Waals surface area contributed by atoms with E-state index in [2.05, 4.69) is 30.6 Å². The lowest BCUT2D eigenvalue weighted by atomic mass is 10.1. The number of hydrogen-bond donors (Lipinski definition) is 4. The minimum Gasteiger partial charge on any atom is -0.365 e. The Morgan fingerprint density at radius 2 is 1.93 bits per heavy atom. The van der Waals surface area contributed by atoms with Gasteiger partial charge in [0.2, 0.25) is 5.95 Å². The summed E-state index contributed by atoms with van der Waals surface area (Å²) in [5.41, 5.74) is 13.2. The van der Waals surface area contributed by atoms with E-state index in [1.54, 1.807) is 18.5 Å². The van der Waals surface area contributed by atoms with E-state index in [1.807, 2.05) is 31.2 Å². The quantitative estimate of drug-likeness (QED) is 0.480. The van der Waals surface area contributed by atoms with Crippen LogP contribution in [0.25, 0.3) is 11.4 Å². The Morgan fingerprint density at radius 1 is 1.17 bits per heavy atom. The zero-order chi connectivity index (χ0) is 20.4. The first-order chi connectivity index (χ1) is 13.9. The highest BCUT2D eigenvalue weighted by Gasteiger charge is 2.43.